The van der Waals surface area contributed by atoms with E-state index < -0.39 is 40.8 Å². The number of nitrogens with zero attached hydrogens (tertiary/aromatic N) is 4. The van der Waals surface area contributed by atoms with Crippen molar-refractivity contribution >= 4 is 23.6 Å². The number of hydrogen-bond acceptors (Lipinski definition) is 7. The Bertz CT molecular complexity index is 2380. The minimum absolute atomic E-state index is 0.106. The van der Waals surface area contributed by atoms with E-state index in [1.165, 1.54) is 59.4 Å². The van der Waals surface area contributed by atoms with E-state index in [-0.39, 0.29) is 59.2 Å². The molecule has 0 saturated carbocycles. The number of rotatable bonds is 11. The van der Waals surface area contributed by atoms with Gasteiger partial charge >= 0.3 is 0 Å². The Morgan fingerprint density at radius 1 is 0.656 bits per heavy atom. The molecule has 6 atom stereocenters. The van der Waals surface area contributed by atoms with Gasteiger partial charge in [0.2, 0.25) is 23.6 Å². The topological polar surface area (TPSA) is 156 Å². The fourth-order valence-corrected chi connectivity index (χ4v) is 8.54. The second-order valence-corrected chi connectivity index (χ2v) is 15.5. The van der Waals surface area contributed by atoms with E-state index in [2.05, 4.69) is 16.7 Å². The number of benzene rings is 4. The van der Waals surface area contributed by atoms with Crippen LogP contribution in [-0.2, 0) is 32.0 Å². The van der Waals surface area contributed by atoms with Crippen LogP contribution in [0.3, 0.4) is 0 Å². The SMILES string of the molecule is CCC1(Cc2ccc(F)cc2)C(=O)NC(C(C)c2c(C#N)cccc2OC)C(=O)N1C.CCC1(Cc2ccc(F)cc2)C(=O)NC(C(C)c2c(F)cccc2C#N)C(=O)N1C. The lowest BCUT2D eigenvalue weighted by molar-refractivity contribution is -0.156. The average Bonchev–Trinajstić information content (AvgIpc) is 3.27. The van der Waals surface area contributed by atoms with Gasteiger partial charge in [-0.1, -0.05) is 64.1 Å². The molecule has 0 radical (unpaired) electrons. The van der Waals surface area contributed by atoms with Gasteiger partial charge in [0, 0.05) is 49.9 Å². The summed E-state index contributed by atoms with van der Waals surface area (Å²) in [6.45, 7) is 7.08. The van der Waals surface area contributed by atoms with Crippen LogP contribution in [0.2, 0.25) is 0 Å². The van der Waals surface area contributed by atoms with E-state index >= 15 is 0 Å². The molecule has 0 bridgehead atoms. The molecule has 61 heavy (non-hydrogen) atoms. The summed E-state index contributed by atoms with van der Waals surface area (Å²) >= 11 is 0. The predicted octanol–water partition coefficient (Wildman–Crippen LogP) is 6.45. The number of halogens is 3. The van der Waals surface area contributed by atoms with Crippen molar-refractivity contribution in [3.05, 3.63) is 136 Å². The largest absolute Gasteiger partial charge is 0.496 e. The fourth-order valence-electron chi connectivity index (χ4n) is 8.54. The molecular weight excluding hydrogens is 786 g/mol. The van der Waals surface area contributed by atoms with Gasteiger partial charge in [-0.25, -0.2) is 13.2 Å². The highest BCUT2D eigenvalue weighted by Gasteiger charge is 2.53. The summed E-state index contributed by atoms with van der Waals surface area (Å²) < 4.78 is 46.5. The number of carbonyl (C=O) groups excluding carboxylic acids is 4. The molecule has 2 aliphatic heterocycles. The van der Waals surface area contributed by atoms with Gasteiger partial charge in [-0.15, -0.1) is 0 Å². The van der Waals surface area contributed by atoms with Gasteiger partial charge in [0.25, 0.3) is 0 Å². The highest BCUT2D eigenvalue weighted by atomic mass is 19.1. The molecule has 2 N–H and O–H groups in total. The maximum absolute atomic E-state index is 14.5. The Morgan fingerprint density at radius 3 is 1.44 bits per heavy atom. The van der Waals surface area contributed by atoms with Crippen molar-refractivity contribution in [1.82, 2.24) is 20.4 Å². The van der Waals surface area contributed by atoms with E-state index in [1.54, 1.807) is 77.3 Å². The van der Waals surface area contributed by atoms with Crippen molar-refractivity contribution in [2.45, 2.75) is 88.4 Å². The smallest absolute Gasteiger partial charge is 0.246 e. The van der Waals surface area contributed by atoms with E-state index in [0.29, 0.717) is 29.7 Å². The summed E-state index contributed by atoms with van der Waals surface area (Å²) in [5, 5.41) is 24.6. The molecule has 2 fully saturated rings. The van der Waals surface area contributed by atoms with Gasteiger partial charge < -0.3 is 25.2 Å². The van der Waals surface area contributed by atoms with Gasteiger partial charge in [0.15, 0.2) is 0 Å². The number of carbonyl (C=O) groups is 4. The van der Waals surface area contributed by atoms with E-state index in [0.717, 1.165) is 11.1 Å². The molecule has 2 heterocycles. The zero-order valence-corrected chi connectivity index (χ0v) is 35.2. The first kappa shape index (κ1) is 45.4. The van der Waals surface area contributed by atoms with Gasteiger partial charge in [0.1, 0.15) is 46.4 Å². The quantitative estimate of drug-likeness (QED) is 0.176. The van der Waals surface area contributed by atoms with Crippen LogP contribution in [-0.4, -0.2) is 77.8 Å². The predicted molar refractivity (Wildman–Crippen MR) is 221 cm³/mol. The van der Waals surface area contributed by atoms with Crippen molar-refractivity contribution < 1.29 is 37.1 Å². The molecule has 4 amide bonds. The third-order valence-electron chi connectivity index (χ3n) is 12.4. The van der Waals surface area contributed by atoms with Crippen LogP contribution in [0.4, 0.5) is 13.2 Å². The fraction of sp³-hybridized carbons (Fsp3) is 0.362. The normalized spacial score (nSPS) is 22.2. The van der Waals surface area contributed by atoms with Crippen molar-refractivity contribution in [3.63, 3.8) is 0 Å². The van der Waals surface area contributed by atoms with Crippen LogP contribution >= 0.6 is 0 Å². The highest BCUT2D eigenvalue weighted by molar-refractivity contribution is 6.01. The van der Waals surface area contributed by atoms with Crippen LogP contribution in [0.1, 0.15) is 85.8 Å². The number of piperazine rings is 2. The Hall–Kier alpha value is -6.67. The molecule has 4 aromatic carbocycles. The number of nitriles is 2. The molecule has 0 aliphatic carbocycles. The van der Waals surface area contributed by atoms with Crippen LogP contribution in [0.5, 0.6) is 5.75 Å². The molecule has 2 aliphatic rings. The second-order valence-electron chi connectivity index (χ2n) is 15.5. The van der Waals surface area contributed by atoms with E-state index in [4.69, 9.17) is 4.74 Å². The van der Waals surface area contributed by atoms with Gasteiger partial charge in [-0.2, -0.15) is 10.5 Å². The maximum Gasteiger partial charge on any atom is 0.246 e. The lowest BCUT2D eigenvalue weighted by Crippen LogP contribution is -2.71. The zero-order valence-electron chi connectivity index (χ0n) is 35.2. The van der Waals surface area contributed by atoms with Crippen molar-refractivity contribution in [2.24, 2.45) is 0 Å². The second kappa shape index (κ2) is 18.7. The Kier molecular flexibility index (Phi) is 13.9. The van der Waals surface area contributed by atoms with Crippen molar-refractivity contribution in [1.29, 1.82) is 10.5 Å². The summed E-state index contributed by atoms with van der Waals surface area (Å²) in [4.78, 5) is 56.2. The van der Waals surface area contributed by atoms with Gasteiger partial charge in [-0.05, 0) is 72.5 Å². The third-order valence-corrected chi connectivity index (χ3v) is 12.4. The number of hydrogen-bond donors (Lipinski definition) is 2. The van der Waals surface area contributed by atoms with Crippen LogP contribution in [0.25, 0.3) is 0 Å². The molecule has 11 nitrogen and oxygen atoms in total. The minimum Gasteiger partial charge on any atom is -0.496 e. The maximum atomic E-state index is 14.5. The Balaban J connectivity index is 0.000000231. The first-order valence-corrected chi connectivity index (χ1v) is 20.0. The zero-order chi connectivity index (χ0) is 44.8. The number of ether oxygens (including phenoxy) is 1. The third kappa shape index (κ3) is 8.67. The molecule has 14 heteroatoms. The molecule has 6 rings (SSSR count). The molecule has 6 unspecified atom stereocenters. The summed E-state index contributed by atoms with van der Waals surface area (Å²) in [6.07, 6.45) is 1.25. The van der Waals surface area contributed by atoms with Crippen LogP contribution in [0.15, 0.2) is 84.9 Å². The molecule has 2 saturated heterocycles. The highest BCUT2D eigenvalue weighted by Crippen LogP contribution is 2.37. The minimum atomic E-state index is -1.14. The van der Waals surface area contributed by atoms with E-state index in [9.17, 15) is 42.9 Å². The van der Waals surface area contributed by atoms with Crippen LogP contribution < -0.4 is 15.4 Å². The first-order chi connectivity index (χ1) is 29.0. The summed E-state index contributed by atoms with van der Waals surface area (Å²) in [7, 11) is 4.69. The number of nitrogens with one attached hydrogen (secondary N) is 2. The first-order valence-electron chi connectivity index (χ1n) is 20.0. The summed E-state index contributed by atoms with van der Waals surface area (Å²) in [5.74, 6) is -3.29. The molecular formula is C47H49F3N6O5. The van der Waals surface area contributed by atoms with Crippen molar-refractivity contribution in [2.75, 3.05) is 21.2 Å². The van der Waals surface area contributed by atoms with Gasteiger partial charge in [0.05, 0.1) is 30.4 Å². The monoisotopic (exact) mass is 834 g/mol. The van der Waals surface area contributed by atoms with Crippen molar-refractivity contribution in [3.8, 4) is 17.9 Å². The standard InChI is InChI=1S/C24H26FN3O3.C23H23F2N3O2/c1-5-24(13-16-9-11-18(25)12-10-16)23(30)27-21(22(29)28(24)3)15(2)20-17(14-26)7-6-8-19(20)31-4;1-4-23(12-15-8-10-17(24)11-9-15)22(30)27-20(21(29)28(23)3)14(2)19-16(13-26)6-5-7-18(19)25/h6-12,15,21H,5,13H2,1-4H3,(H,27,30);5-11,14,20H,4,12H2,1-3H3,(H,27,30). The Morgan fingerprint density at radius 2 is 1.05 bits per heavy atom. The van der Waals surface area contributed by atoms with Gasteiger partial charge in [-0.3, -0.25) is 19.2 Å². The number of likely N-dealkylation sites (N-methyl/N-ethyl adjacent to an activating group) is 2. The molecule has 318 valence electrons. The Labute approximate surface area is 354 Å². The lowest BCUT2D eigenvalue weighted by Gasteiger charge is -2.47. The molecule has 4 aromatic rings. The number of amides is 4. The number of methoxy groups -OCH3 is 1. The van der Waals surface area contributed by atoms with E-state index in [1.807, 2.05) is 13.0 Å². The molecule has 0 aromatic heterocycles. The summed E-state index contributed by atoms with van der Waals surface area (Å²) in [5.41, 5.74) is 0.488. The van der Waals surface area contributed by atoms with Crippen LogP contribution in [0, 0.1) is 40.1 Å². The molecule has 0 spiro atoms. The summed E-state index contributed by atoms with van der Waals surface area (Å²) in [6, 6.07) is 23.3. The lowest BCUT2D eigenvalue weighted by atomic mass is 9.80. The average molecular weight is 835 g/mol.